The first-order valence-electron chi connectivity index (χ1n) is 23.1. The summed E-state index contributed by atoms with van der Waals surface area (Å²) in [6.07, 6.45) is 0.130. The predicted molar refractivity (Wildman–Crippen MR) is 266 cm³/mol. The van der Waals surface area contributed by atoms with Crippen LogP contribution in [-0.2, 0) is 36.6 Å². The molecule has 4 amide bonds. The van der Waals surface area contributed by atoms with Crippen LogP contribution in [0.3, 0.4) is 0 Å². The fourth-order valence-electron chi connectivity index (χ4n) is 8.48. The van der Waals surface area contributed by atoms with E-state index in [1.807, 2.05) is 57.5 Å². The van der Waals surface area contributed by atoms with E-state index in [2.05, 4.69) is 25.6 Å². The highest BCUT2D eigenvalue weighted by Gasteiger charge is 2.52. The number of pyridine rings is 2. The van der Waals surface area contributed by atoms with Crippen molar-refractivity contribution < 1.29 is 46.2 Å². The Bertz CT molecular complexity index is 2870. The van der Waals surface area contributed by atoms with Gasteiger partial charge in [0.15, 0.2) is 10.9 Å². The first-order chi connectivity index (χ1) is 34.1. The van der Waals surface area contributed by atoms with Crippen LogP contribution in [0.15, 0.2) is 78.6 Å². The number of thiocarbonyl (C=S) groups is 1. The predicted octanol–water partition coefficient (Wildman–Crippen LogP) is 8.54. The normalized spacial score (nSPS) is 16.2. The number of aryl methyl sites for hydroxylation is 1. The molecule has 0 radical (unpaired) electrons. The van der Waals surface area contributed by atoms with Gasteiger partial charge in [-0.3, -0.25) is 29.1 Å². The van der Waals surface area contributed by atoms with Gasteiger partial charge in [0.05, 0.1) is 57.6 Å². The molecule has 0 aliphatic carbocycles. The molecule has 72 heavy (non-hydrogen) atoms. The molecule has 2 aliphatic rings. The molecule has 2 aliphatic heterocycles. The second kappa shape index (κ2) is 21.8. The highest BCUT2D eigenvalue weighted by molar-refractivity contribution is 7.81. The zero-order chi connectivity index (χ0) is 52.1. The van der Waals surface area contributed by atoms with Crippen LogP contribution in [0.25, 0.3) is 21.7 Å². The number of halogens is 4. The Morgan fingerprint density at radius 1 is 0.972 bits per heavy atom. The smallest absolute Gasteiger partial charge is 0.420 e. The molecule has 21 heteroatoms. The minimum atomic E-state index is -5.20. The number of thiazole rings is 1. The number of carbonyl (C=O) groups excluding carboxylic acids is 4. The Hall–Kier alpha value is -6.89. The second-order valence-electron chi connectivity index (χ2n) is 18.9. The number of likely N-dealkylation sites (tertiary alicyclic amines) is 1. The van der Waals surface area contributed by atoms with Crippen molar-refractivity contribution in [2.24, 2.45) is 5.41 Å². The van der Waals surface area contributed by atoms with Crippen LogP contribution in [0.4, 0.5) is 28.9 Å². The minimum Gasteiger partial charge on any atom is -0.478 e. The molecular formula is C51H53F4N9O6S2. The van der Waals surface area contributed by atoms with E-state index in [-0.39, 0.29) is 30.1 Å². The maximum Gasteiger partial charge on any atom is 0.420 e. The van der Waals surface area contributed by atoms with Gasteiger partial charge >= 0.3 is 6.18 Å². The van der Waals surface area contributed by atoms with Gasteiger partial charge in [0, 0.05) is 37.5 Å². The van der Waals surface area contributed by atoms with Gasteiger partial charge in [-0.15, -0.1) is 11.3 Å². The second-order valence-corrected chi connectivity index (χ2v) is 20.1. The summed E-state index contributed by atoms with van der Waals surface area (Å²) in [5, 5.41) is 14.7. The van der Waals surface area contributed by atoms with E-state index < -0.39 is 63.7 Å². The van der Waals surface area contributed by atoms with Crippen LogP contribution in [0.1, 0.15) is 82.7 Å². The Morgan fingerprint density at radius 2 is 1.69 bits per heavy atom. The number of nitrogens with zero attached hydrogens (tertiary/aromatic N) is 7. The molecule has 3 aromatic heterocycles. The highest BCUT2D eigenvalue weighted by atomic mass is 32.1. The minimum absolute atomic E-state index is 0.240. The third-order valence-corrected chi connectivity index (χ3v) is 13.7. The number of hydrogen-bond donors (Lipinski definition) is 2. The molecule has 5 heterocycles. The number of aromatic nitrogens is 3. The zero-order valence-corrected chi connectivity index (χ0v) is 42.1. The SMILES string of the molecule is Cc1ncsc1-c1ccc(CNC(=O)C2CCCN2C(=O)C(NC(=O)COCCCCOc2ccc(-c3ccc(N4C(=S)N(c5ccc(C#N)c(C(F)(F)F)c5F)C(=O)C4(C)C)cn3)cn2)C(C)(C)C)cc1. The lowest BCUT2D eigenvalue weighted by molar-refractivity contribution is -0.144. The molecule has 5 aromatic rings. The monoisotopic (exact) mass is 1030 g/mol. The van der Waals surface area contributed by atoms with E-state index in [0.717, 1.165) is 33.8 Å². The number of benzene rings is 2. The molecule has 0 bridgehead atoms. The number of unbranched alkanes of at least 4 members (excludes halogenated alkanes) is 1. The number of hydrogen-bond acceptors (Lipinski definition) is 12. The topological polar surface area (TPSA) is 183 Å². The van der Waals surface area contributed by atoms with Crippen molar-refractivity contribution in [1.82, 2.24) is 30.5 Å². The van der Waals surface area contributed by atoms with Crippen LogP contribution >= 0.6 is 23.6 Å². The van der Waals surface area contributed by atoms with Gasteiger partial charge in [-0.2, -0.15) is 18.4 Å². The number of anilines is 2. The number of carbonyl (C=O) groups is 4. The average molecular weight is 1030 g/mol. The molecule has 2 fully saturated rings. The van der Waals surface area contributed by atoms with Gasteiger partial charge in [-0.25, -0.2) is 14.4 Å². The molecule has 15 nitrogen and oxygen atoms in total. The highest BCUT2D eigenvalue weighted by Crippen LogP contribution is 2.42. The molecule has 2 atom stereocenters. The van der Waals surface area contributed by atoms with Crippen LogP contribution in [0.2, 0.25) is 0 Å². The van der Waals surface area contributed by atoms with Crippen molar-refractivity contribution in [3.8, 4) is 33.6 Å². The molecule has 378 valence electrons. The van der Waals surface area contributed by atoms with Crippen molar-refractivity contribution >= 4 is 63.7 Å². The molecule has 7 rings (SSSR count). The molecule has 2 unspecified atom stereocenters. The third kappa shape index (κ3) is 11.6. The van der Waals surface area contributed by atoms with E-state index in [1.54, 1.807) is 46.7 Å². The van der Waals surface area contributed by atoms with Crippen LogP contribution in [-0.4, -0.2) is 92.6 Å². The summed E-state index contributed by atoms with van der Waals surface area (Å²) < 4.78 is 68.2. The van der Waals surface area contributed by atoms with Gasteiger partial charge < -0.3 is 29.9 Å². The number of ether oxygens (including phenoxy) is 2. The lowest BCUT2D eigenvalue weighted by atomic mass is 9.85. The summed E-state index contributed by atoms with van der Waals surface area (Å²) >= 11 is 7.10. The Kier molecular flexibility index (Phi) is 16.1. The van der Waals surface area contributed by atoms with Crippen molar-refractivity contribution in [2.45, 2.75) is 97.6 Å². The molecule has 0 saturated carbocycles. The average Bonchev–Trinajstić information content (AvgIpc) is 4.05. The number of amides is 4. The number of nitrogens with one attached hydrogen (secondary N) is 2. The van der Waals surface area contributed by atoms with Gasteiger partial charge in [0.2, 0.25) is 23.6 Å². The van der Waals surface area contributed by atoms with Crippen molar-refractivity contribution in [3.05, 3.63) is 107 Å². The molecular weight excluding hydrogens is 975 g/mol. The van der Waals surface area contributed by atoms with Crippen LogP contribution in [0.5, 0.6) is 5.88 Å². The summed E-state index contributed by atoms with van der Waals surface area (Å²) in [6.45, 7) is 11.6. The third-order valence-electron chi connectivity index (χ3n) is 12.3. The standard InChI is InChI=1S/C51H53F4N9O6S2/c1-30-43(72-29-60-30)32-13-11-31(12-14-32)25-59-45(66)38-10-9-21-62(38)46(67)44(49(2,3)4)61-39(65)28-69-22-7-8-23-70-40-20-16-34(26-58-40)36-18-17-35(27-57-36)64-48(71)63(47(68)50(64,5)6)37-19-15-33(24-56)41(42(37)52)51(53,54)55/h11-20,26-27,29,38,44H,7-10,21-23,25,28H2,1-6H3,(H,59,66)(H,61,65). The van der Waals surface area contributed by atoms with Gasteiger partial charge in [0.25, 0.3) is 5.91 Å². The fraction of sp³-hybridized carbons (Fsp3) is 0.392. The van der Waals surface area contributed by atoms with E-state index in [1.165, 1.54) is 31.0 Å². The van der Waals surface area contributed by atoms with E-state index in [9.17, 15) is 37.6 Å². The summed E-state index contributed by atoms with van der Waals surface area (Å²) in [5.74, 6) is -3.22. The summed E-state index contributed by atoms with van der Waals surface area (Å²) in [5.41, 5.74) is 0.677. The Morgan fingerprint density at radius 3 is 2.32 bits per heavy atom. The lowest BCUT2D eigenvalue weighted by Gasteiger charge is -2.35. The Balaban J connectivity index is 0.840. The van der Waals surface area contributed by atoms with Gasteiger partial charge in [-0.05, 0) is 106 Å². The van der Waals surface area contributed by atoms with E-state index in [4.69, 9.17) is 21.7 Å². The summed E-state index contributed by atoms with van der Waals surface area (Å²) in [6, 6.07) is 16.1. The molecule has 0 spiro atoms. The van der Waals surface area contributed by atoms with Crippen LogP contribution < -0.4 is 25.2 Å². The number of nitriles is 1. The van der Waals surface area contributed by atoms with Gasteiger partial charge in [0.1, 0.15) is 29.8 Å². The molecule has 2 saturated heterocycles. The van der Waals surface area contributed by atoms with Crippen molar-refractivity contribution in [2.75, 3.05) is 36.2 Å². The van der Waals surface area contributed by atoms with E-state index in [0.29, 0.717) is 73.1 Å². The summed E-state index contributed by atoms with van der Waals surface area (Å²) in [4.78, 5) is 71.9. The number of rotatable bonds is 17. The first kappa shape index (κ1) is 52.9. The van der Waals surface area contributed by atoms with E-state index >= 15 is 4.39 Å². The number of alkyl halides is 3. The zero-order valence-electron chi connectivity index (χ0n) is 40.4. The van der Waals surface area contributed by atoms with Crippen molar-refractivity contribution in [3.63, 3.8) is 0 Å². The Labute approximate surface area is 423 Å². The quantitative estimate of drug-likeness (QED) is 0.0515. The van der Waals surface area contributed by atoms with Crippen molar-refractivity contribution in [1.29, 1.82) is 5.26 Å². The first-order valence-corrected chi connectivity index (χ1v) is 24.4. The van der Waals surface area contributed by atoms with Crippen LogP contribution in [0, 0.1) is 29.5 Å². The largest absolute Gasteiger partial charge is 0.478 e. The molecule has 2 aromatic carbocycles. The fourth-order valence-corrected chi connectivity index (χ4v) is 9.81. The lowest BCUT2D eigenvalue weighted by Crippen LogP contribution is -2.58. The molecule has 2 N–H and O–H groups in total. The van der Waals surface area contributed by atoms with Gasteiger partial charge in [-0.1, -0.05) is 45.0 Å². The summed E-state index contributed by atoms with van der Waals surface area (Å²) in [7, 11) is 0. The maximum absolute atomic E-state index is 15.4. The maximum atomic E-state index is 15.4.